The Bertz CT molecular complexity index is 627. The molecule has 1 amide bonds. The van der Waals surface area contributed by atoms with Crippen molar-refractivity contribution < 1.29 is 19.2 Å². The Hall–Kier alpha value is -2.34. The SMILES string of the molecule is O=C(CCc1cc(Cl)no1)N[C@H](C(=O)O)c1ccccc1. The Morgan fingerprint density at radius 3 is 2.62 bits per heavy atom. The van der Waals surface area contributed by atoms with Gasteiger partial charge in [-0.15, -0.1) is 0 Å². The van der Waals surface area contributed by atoms with Crippen molar-refractivity contribution in [2.45, 2.75) is 18.9 Å². The van der Waals surface area contributed by atoms with E-state index in [1.165, 1.54) is 6.07 Å². The van der Waals surface area contributed by atoms with Crippen molar-refractivity contribution in [3.8, 4) is 0 Å². The summed E-state index contributed by atoms with van der Waals surface area (Å²) >= 11 is 5.60. The van der Waals surface area contributed by atoms with Crippen LogP contribution in [0.5, 0.6) is 0 Å². The minimum absolute atomic E-state index is 0.0855. The van der Waals surface area contributed by atoms with Crippen LogP contribution in [0.25, 0.3) is 0 Å². The molecule has 0 fully saturated rings. The predicted octanol–water partition coefficient (Wildman–Crippen LogP) is 2.20. The summed E-state index contributed by atoms with van der Waals surface area (Å²) < 4.78 is 4.87. The third-order valence-electron chi connectivity index (χ3n) is 2.81. The van der Waals surface area contributed by atoms with Crippen molar-refractivity contribution in [2.24, 2.45) is 0 Å². The van der Waals surface area contributed by atoms with Crippen molar-refractivity contribution in [2.75, 3.05) is 0 Å². The van der Waals surface area contributed by atoms with Gasteiger partial charge in [0.2, 0.25) is 5.91 Å². The topological polar surface area (TPSA) is 92.4 Å². The maximum absolute atomic E-state index is 11.8. The lowest BCUT2D eigenvalue weighted by Crippen LogP contribution is -2.33. The van der Waals surface area contributed by atoms with Crippen molar-refractivity contribution in [3.63, 3.8) is 0 Å². The van der Waals surface area contributed by atoms with Crippen LogP contribution in [0, 0.1) is 0 Å². The third-order valence-corrected chi connectivity index (χ3v) is 2.99. The lowest BCUT2D eigenvalue weighted by atomic mass is 10.1. The van der Waals surface area contributed by atoms with E-state index in [0.717, 1.165) is 0 Å². The van der Waals surface area contributed by atoms with Crippen LogP contribution in [-0.4, -0.2) is 22.1 Å². The summed E-state index contributed by atoms with van der Waals surface area (Å²) in [6.45, 7) is 0. The van der Waals surface area contributed by atoms with Gasteiger partial charge in [-0.1, -0.05) is 47.1 Å². The van der Waals surface area contributed by atoms with E-state index >= 15 is 0 Å². The fourth-order valence-corrected chi connectivity index (χ4v) is 1.96. The molecular weight excluding hydrogens is 296 g/mol. The zero-order chi connectivity index (χ0) is 15.2. The number of amides is 1. The summed E-state index contributed by atoms with van der Waals surface area (Å²) in [7, 11) is 0. The van der Waals surface area contributed by atoms with Gasteiger partial charge in [0.1, 0.15) is 5.76 Å². The smallest absolute Gasteiger partial charge is 0.330 e. The van der Waals surface area contributed by atoms with Crippen LogP contribution in [0.2, 0.25) is 5.15 Å². The fourth-order valence-electron chi connectivity index (χ4n) is 1.81. The van der Waals surface area contributed by atoms with E-state index in [4.69, 9.17) is 16.1 Å². The number of aliphatic carboxylic acids is 1. The first-order valence-electron chi connectivity index (χ1n) is 6.24. The van der Waals surface area contributed by atoms with Crippen LogP contribution in [0.4, 0.5) is 0 Å². The molecule has 2 aromatic rings. The highest BCUT2D eigenvalue weighted by Gasteiger charge is 2.21. The number of nitrogens with zero attached hydrogens (tertiary/aromatic N) is 1. The first kappa shape index (κ1) is 15.1. The van der Waals surface area contributed by atoms with Gasteiger partial charge in [0.25, 0.3) is 0 Å². The van der Waals surface area contributed by atoms with Crippen molar-refractivity contribution in [1.29, 1.82) is 0 Å². The first-order valence-corrected chi connectivity index (χ1v) is 6.62. The molecule has 0 unspecified atom stereocenters. The molecule has 0 saturated heterocycles. The zero-order valence-corrected chi connectivity index (χ0v) is 11.7. The van der Waals surface area contributed by atoms with E-state index in [2.05, 4.69) is 10.5 Å². The lowest BCUT2D eigenvalue weighted by molar-refractivity contribution is -0.142. The van der Waals surface area contributed by atoms with E-state index in [1.807, 2.05) is 0 Å². The molecule has 6 nitrogen and oxygen atoms in total. The lowest BCUT2D eigenvalue weighted by Gasteiger charge is -2.14. The fraction of sp³-hybridized carbons (Fsp3) is 0.214. The van der Waals surface area contributed by atoms with E-state index < -0.39 is 17.9 Å². The maximum Gasteiger partial charge on any atom is 0.330 e. The molecule has 1 heterocycles. The number of nitrogens with one attached hydrogen (secondary N) is 1. The van der Waals surface area contributed by atoms with Gasteiger partial charge in [-0.05, 0) is 5.56 Å². The molecular formula is C14H13ClN2O4. The normalized spacial score (nSPS) is 11.9. The Kier molecular flexibility index (Phi) is 4.94. The van der Waals surface area contributed by atoms with Crippen molar-refractivity contribution >= 4 is 23.5 Å². The standard InChI is InChI=1S/C14H13ClN2O4/c15-11-8-10(21-17-11)6-7-12(18)16-13(14(19)20)9-4-2-1-3-5-9/h1-5,8,13H,6-7H2,(H,16,18)(H,19,20)/t13-/m0/s1. The van der Waals surface area contributed by atoms with Crippen LogP contribution >= 0.6 is 11.6 Å². The number of rotatable bonds is 6. The van der Waals surface area contributed by atoms with Gasteiger partial charge in [-0.25, -0.2) is 4.79 Å². The molecule has 1 atom stereocenters. The summed E-state index contributed by atoms with van der Waals surface area (Å²) in [5, 5.41) is 15.4. The largest absolute Gasteiger partial charge is 0.479 e. The highest BCUT2D eigenvalue weighted by molar-refractivity contribution is 6.29. The van der Waals surface area contributed by atoms with Gasteiger partial charge in [-0.3, -0.25) is 4.79 Å². The number of carbonyl (C=O) groups is 2. The van der Waals surface area contributed by atoms with Crippen LogP contribution in [0.1, 0.15) is 23.8 Å². The molecule has 0 spiro atoms. The van der Waals surface area contributed by atoms with Crippen LogP contribution < -0.4 is 5.32 Å². The highest BCUT2D eigenvalue weighted by Crippen LogP contribution is 2.14. The number of carbonyl (C=O) groups excluding carboxylic acids is 1. The maximum atomic E-state index is 11.8. The molecule has 1 aromatic heterocycles. The van der Waals surface area contributed by atoms with Gasteiger partial charge in [0.15, 0.2) is 11.2 Å². The van der Waals surface area contributed by atoms with E-state index in [0.29, 0.717) is 17.7 Å². The van der Waals surface area contributed by atoms with Crippen molar-refractivity contribution in [3.05, 3.63) is 52.9 Å². The summed E-state index contributed by atoms with van der Waals surface area (Å²) in [5.74, 6) is -1.03. The summed E-state index contributed by atoms with van der Waals surface area (Å²) in [5.41, 5.74) is 0.515. The van der Waals surface area contributed by atoms with Crippen molar-refractivity contribution in [1.82, 2.24) is 10.5 Å². The molecule has 0 saturated carbocycles. The van der Waals surface area contributed by atoms with Gasteiger partial charge in [-0.2, -0.15) is 0 Å². The number of aromatic nitrogens is 1. The molecule has 0 bridgehead atoms. The van der Waals surface area contributed by atoms with E-state index in [9.17, 15) is 14.7 Å². The van der Waals surface area contributed by atoms with E-state index in [1.54, 1.807) is 30.3 Å². The highest BCUT2D eigenvalue weighted by atomic mass is 35.5. The minimum atomic E-state index is -1.11. The molecule has 2 rings (SSSR count). The predicted molar refractivity (Wildman–Crippen MR) is 74.8 cm³/mol. The number of benzene rings is 1. The monoisotopic (exact) mass is 308 g/mol. The second-order valence-electron chi connectivity index (χ2n) is 4.37. The average Bonchev–Trinajstić information content (AvgIpc) is 2.89. The Morgan fingerprint density at radius 2 is 2.05 bits per heavy atom. The Balaban J connectivity index is 1.94. The van der Waals surface area contributed by atoms with Crippen LogP contribution in [0.15, 0.2) is 40.9 Å². The van der Waals surface area contributed by atoms with Crippen LogP contribution in [0.3, 0.4) is 0 Å². The molecule has 21 heavy (non-hydrogen) atoms. The Labute approximate surface area is 125 Å². The summed E-state index contributed by atoms with van der Waals surface area (Å²) in [4.78, 5) is 23.1. The summed E-state index contributed by atoms with van der Waals surface area (Å²) in [6, 6.07) is 8.95. The Morgan fingerprint density at radius 1 is 1.33 bits per heavy atom. The number of carboxylic acid groups (broad SMARTS) is 1. The van der Waals surface area contributed by atoms with Crippen LogP contribution in [-0.2, 0) is 16.0 Å². The quantitative estimate of drug-likeness (QED) is 0.853. The zero-order valence-electron chi connectivity index (χ0n) is 11.0. The molecule has 0 aliphatic carbocycles. The summed E-state index contributed by atoms with van der Waals surface area (Å²) in [6.07, 6.45) is 0.384. The first-order chi connectivity index (χ1) is 10.1. The van der Waals surface area contributed by atoms with Gasteiger partial charge < -0.3 is 14.9 Å². The average molecular weight is 309 g/mol. The second-order valence-corrected chi connectivity index (χ2v) is 4.75. The number of carboxylic acids is 1. The molecule has 2 N–H and O–H groups in total. The molecule has 0 radical (unpaired) electrons. The van der Waals surface area contributed by atoms with Gasteiger partial charge in [0.05, 0.1) is 0 Å². The number of halogens is 1. The van der Waals surface area contributed by atoms with E-state index in [-0.39, 0.29) is 11.6 Å². The molecule has 0 aliphatic rings. The van der Waals surface area contributed by atoms with Gasteiger partial charge in [0, 0.05) is 18.9 Å². The second kappa shape index (κ2) is 6.90. The number of hydrogen-bond acceptors (Lipinski definition) is 4. The minimum Gasteiger partial charge on any atom is -0.479 e. The third kappa shape index (κ3) is 4.32. The number of aryl methyl sites for hydroxylation is 1. The molecule has 0 aliphatic heterocycles. The molecule has 7 heteroatoms. The van der Waals surface area contributed by atoms with Gasteiger partial charge >= 0.3 is 5.97 Å². The molecule has 1 aromatic carbocycles. The number of hydrogen-bond donors (Lipinski definition) is 2. The molecule has 110 valence electrons.